The van der Waals surface area contributed by atoms with Crippen molar-refractivity contribution in [1.29, 1.82) is 0 Å². The first-order valence-corrected chi connectivity index (χ1v) is 10.1. The van der Waals surface area contributed by atoms with Gasteiger partial charge in [0, 0.05) is 12.2 Å². The number of thiophene rings is 1. The van der Waals surface area contributed by atoms with E-state index in [9.17, 15) is 4.79 Å². The molecule has 4 rings (SSSR count). The zero-order valence-electron chi connectivity index (χ0n) is 15.2. The summed E-state index contributed by atoms with van der Waals surface area (Å²) >= 11 is 1.58. The highest BCUT2D eigenvalue weighted by atomic mass is 32.1. The SMILES string of the molecule is CC(c1nnc(-c2cccs2)o1)N1CCCC(C(=O)Nc2ccccc2)C1. The quantitative estimate of drug-likeness (QED) is 0.716. The lowest BCUT2D eigenvalue weighted by Crippen LogP contribution is -2.41. The molecule has 27 heavy (non-hydrogen) atoms. The number of rotatable bonds is 5. The maximum Gasteiger partial charge on any atom is 0.257 e. The van der Waals surface area contributed by atoms with Gasteiger partial charge in [-0.25, -0.2) is 0 Å². The summed E-state index contributed by atoms with van der Waals surface area (Å²) < 4.78 is 5.88. The van der Waals surface area contributed by atoms with Gasteiger partial charge in [-0.15, -0.1) is 21.5 Å². The molecular weight excluding hydrogens is 360 g/mol. The Balaban J connectivity index is 1.41. The van der Waals surface area contributed by atoms with Crippen LogP contribution in [0.4, 0.5) is 5.69 Å². The van der Waals surface area contributed by atoms with E-state index in [2.05, 4.69) is 27.3 Å². The minimum Gasteiger partial charge on any atom is -0.418 e. The average Bonchev–Trinajstić information content (AvgIpc) is 3.40. The first-order chi connectivity index (χ1) is 13.2. The minimum atomic E-state index is -0.0407. The molecule has 1 aliphatic rings. The van der Waals surface area contributed by atoms with Crippen LogP contribution in [0.15, 0.2) is 52.3 Å². The van der Waals surface area contributed by atoms with Crippen molar-refractivity contribution in [2.24, 2.45) is 5.92 Å². The van der Waals surface area contributed by atoms with Crippen molar-refractivity contribution < 1.29 is 9.21 Å². The smallest absolute Gasteiger partial charge is 0.257 e. The molecule has 2 unspecified atom stereocenters. The second kappa shape index (κ2) is 8.02. The van der Waals surface area contributed by atoms with Crippen molar-refractivity contribution in [3.63, 3.8) is 0 Å². The van der Waals surface area contributed by atoms with Crippen LogP contribution >= 0.6 is 11.3 Å². The fourth-order valence-corrected chi connectivity index (χ4v) is 4.04. The Kier molecular flexibility index (Phi) is 5.31. The maximum atomic E-state index is 12.6. The van der Waals surface area contributed by atoms with E-state index in [0.29, 0.717) is 18.3 Å². The number of para-hydroxylation sites is 1. The highest BCUT2D eigenvalue weighted by molar-refractivity contribution is 7.13. The number of anilines is 1. The van der Waals surface area contributed by atoms with Gasteiger partial charge in [0.25, 0.3) is 5.89 Å². The van der Waals surface area contributed by atoms with Crippen LogP contribution < -0.4 is 5.32 Å². The summed E-state index contributed by atoms with van der Waals surface area (Å²) in [5.41, 5.74) is 0.838. The molecule has 2 atom stereocenters. The largest absolute Gasteiger partial charge is 0.418 e. The second-order valence-electron chi connectivity index (χ2n) is 6.79. The molecule has 1 aromatic carbocycles. The van der Waals surface area contributed by atoms with Gasteiger partial charge in [-0.1, -0.05) is 24.3 Å². The lowest BCUT2D eigenvalue weighted by molar-refractivity contribution is -0.121. The number of nitrogens with one attached hydrogen (secondary N) is 1. The molecule has 0 radical (unpaired) electrons. The molecule has 3 heterocycles. The van der Waals surface area contributed by atoms with E-state index < -0.39 is 0 Å². The average molecular weight is 382 g/mol. The molecule has 3 aromatic rings. The molecule has 0 spiro atoms. The summed E-state index contributed by atoms with van der Waals surface area (Å²) in [4.78, 5) is 15.9. The summed E-state index contributed by atoms with van der Waals surface area (Å²) in [6.07, 6.45) is 1.87. The van der Waals surface area contributed by atoms with Crippen LogP contribution in [-0.4, -0.2) is 34.1 Å². The fourth-order valence-electron chi connectivity index (χ4n) is 3.40. The van der Waals surface area contributed by atoms with Crippen LogP contribution in [0.25, 0.3) is 10.8 Å². The van der Waals surface area contributed by atoms with Crippen LogP contribution in [0.3, 0.4) is 0 Å². The van der Waals surface area contributed by atoms with E-state index in [-0.39, 0.29) is 17.9 Å². The number of hydrogen-bond donors (Lipinski definition) is 1. The minimum absolute atomic E-state index is 0.0152. The maximum absolute atomic E-state index is 12.6. The fraction of sp³-hybridized carbons (Fsp3) is 0.350. The molecule has 140 valence electrons. The summed E-state index contributed by atoms with van der Waals surface area (Å²) in [5.74, 6) is 1.19. The molecule has 1 aliphatic heterocycles. The van der Waals surface area contributed by atoms with Gasteiger partial charge >= 0.3 is 0 Å². The van der Waals surface area contributed by atoms with Gasteiger partial charge in [-0.05, 0) is 49.9 Å². The van der Waals surface area contributed by atoms with Crippen molar-refractivity contribution >= 4 is 22.9 Å². The van der Waals surface area contributed by atoms with Gasteiger partial charge in [-0.3, -0.25) is 9.69 Å². The molecule has 1 N–H and O–H groups in total. The Morgan fingerprint density at radius 3 is 2.89 bits per heavy atom. The van der Waals surface area contributed by atoms with Crippen molar-refractivity contribution in [1.82, 2.24) is 15.1 Å². The van der Waals surface area contributed by atoms with Crippen LogP contribution in [0.2, 0.25) is 0 Å². The monoisotopic (exact) mass is 382 g/mol. The third kappa shape index (κ3) is 4.09. The summed E-state index contributed by atoms with van der Waals surface area (Å²) in [7, 11) is 0. The predicted octanol–water partition coefficient (Wildman–Crippen LogP) is 4.21. The molecule has 0 bridgehead atoms. The van der Waals surface area contributed by atoms with Crippen molar-refractivity contribution in [2.45, 2.75) is 25.8 Å². The summed E-state index contributed by atoms with van der Waals surface area (Å²) in [5, 5.41) is 13.4. The number of hydrogen-bond acceptors (Lipinski definition) is 6. The molecule has 2 aromatic heterocycles. The van der Waals surface area contributed by atoms with E-state index >= 15 is 0 Å². The molecule has 1 fully saturated rings. The highest BCUT2D eigenvalue weighted by Gasteiger charge is 2.31. The number of carbonyl (C=O) groups excluding carboxylic acids is 1. The topological polar surface area (TPSA) is 71.3 Å². The Bertz CT molecular complexity index is 879. The lowest BCUT2D eigenvalue weighted by Gasteiger charge is -2.34. The van der Waals surface area contributed by atoms with Gasteiger partial charge in [-0.2, -0.15) is 0 Å². The number of piperidine rings is 1. The van der Waals surface area contributed by atoms with Crippen molar-refractivity contribution in [3.8, 4) is 10.8 Å². The van der Waals surface area contributed by atoms with Gasteiger partial charge in [0.05, 0.1) is 16.8 Å². The predicted molar refractivity (Wildman–Crippen MR) is 105 cm³/mol. The number of amides is 1. The van der Waals surface area contributed by atoms with Gasteiger partial charge in [0.1, 0.15) is 0 Å². The molecule has 0 aliphatic carbocycles. The zero-order chi connectivity index (χ0) is 18.6. The summed E-state index contributed by atoms with van der Waals surface area (Å²) in [6, 6.07) is 13.5. The highest BCUT2D eigenvalue weighted by Crippen LogP contribution is 2.29. The Hall–Kier alpha value is -2.51. The third-order valence-electron chi connectivity index (χ3n) is 4.94. The van der Waals surface area contributed by atoms with Crippen molar-refractivity contribution in [3.05, 3.63) is 53.7 Å². The molecule has 7 heteroatoms. The normalized spacial score (nSPS) is 18.9. The van der Waals surface area contributed by atoms with Gasteiger partial charge in [0.15, 0.2) is 0 Å². The van der Waals surface area contributed by atoms with Crippen LogP contribution in [0.5, 0.6) is 0 Å². The molecule has 1 amide bonds. The molecule has 1 saturated heterocycles. The van der Waals surface area contributed by atoms with E-state index in [4.69, 9.17) is 4.42 Å². The van der Waals surface area contributed by atoms with Crippen LogP contribution in [0, 0.1) is 5.92 Å². The van der Waals surface area contributed by atoms with E-state index in [1.807, 2.05) is 47.8 Å². The standard InChI is InChI=1S/C20H22N4O2S/c1-14(19-22-23-20(26-19)17-10-6-12-27-17)24-11-5-7-15(13-24)18(25)21-16-8-3-2-4-9-16/h2-4,6,8-10,12,14-15H,5,7,11,13H2,1H3,(H,21,25). The van der Waals surface area contributed by atoms with Gasteiger partial charge < -0.3 is 9.73 Å². The number of carbonyl (C=O) groups is 1. The van der Waals surface area contributed by atoms with E-state index in [1.54, 1.807) is 11.3 Å². The molecule has 0 saturated carbocycles. The van der Waals surface area contributed by atoms with Gasteiger partial charge in [0.2, 0.25) is 11.8 Å². The zero-order valence-corrected chi connectivity index (χ0v) is 16.0. The molecule has 6 nitrogen and oxygen atoms in total. The number of aromatic nitrogens is 2. The Morgan fingerprint density at radius 1 is 1.26 bits per heavy atom. The van der Waals surface area contributed by atoms with Crippen molar-refractivity contribution in [2.75, 3.05) is 18.4 Å². The number of likely N-dealkylation sites (tertiary alicyclic amines) is 1. The van der Waals surface area contributed by atoms with Crippen LogP contribution in [0.1, 0.15) is 31.7 Å². The van der Waals surface area contributed by atoms with Crippen LogP contribution in [-0.2, 0) is 4.79 Å². The third-order valence-corrected chi connectivity index (χ3v) is 5.80. The first kappa shape index (κ1) is 17.9. The molecular formula is C20H22N4O2S. The number of benzene rings is 1. The second-order valence-corrected chi connectivity index (χ2v) is 7.74. The summed E-state index contributed by atoms with van der Waals surface area (Å²) in [6.45, 7) is 3.67. The number of nitrogens with zero attached hydrogens (tertiary/aromatic N) is 3. The van der Waals surface area contributed by atoms with E-state index in [1.165, 1.54) is 0 Å². The lowest BCUT2D eigenvalue weighted by atomic mass is 9.96. The first-order valence-electron chi connectivity index (χ1n) is 9.18. The van der Waals surface area contributed by atoms with E-state index in [0.717, 1.165) is 30.0 Å². The Morgan fingerprint density at radius 2 is 2.11 bits per heavy atom. The Labute approximate surface area is 162 Å².